The Bertz CT molecular complexity index is 572. The molecule has 2 aromatic rings. The number of benzene rings is 2. The van der Waals surface area contributed by atoms with E-state index in [-0.39, 0.29) is 6.04 Å². The van der Waals surface area contributed by atoms with Gasteiger partial charge in [0, 0.05) is 6.54 Å². The maximum atomic E-state index is 6.12. The van der Waals surface area contributed by atoms with E-state index in [1.54, 1.807) is 6.07 Å². The quantitative estimate of drug-likeness (QED) is 0.853. The highest BCUT2D eigenvalue weighted by molar-refractivity contribution is 6.42. The molecule has 0 saturated carbocycles. The van der Waals surface area contributed by atoms with E-state index < -0.39 is 0 Å². The van der Waals surface area contributed by atoms with Crippen LogP contribution >= 0.6 is 34.8 Å². The van der Waals surface area contributed by atoms with E-state index in [0.29, 0.717) is 21.6 Å². The fourth-order valence-electron chi connectivity index (χ4n) is 1.77. The first-order chi connectivity index (χ1) is 9.11. The van der Waals surface area contributed by atoms with Crippen molar-refractivity contribution in [2.75, 3.05) is 11.9 Å². The molecule has 100 valence electrons. The predicted octanol–water partition coefficient (Wildman–Crippen LogP) is 4.76. The van der Waals surface area contributed by atoms with Crippen LogP contribution in [0.1, 0.15) is 11.6 Å². The number of halogens is 3. The van der Waals surface area contributed by atoms with Gasteiger partial charge in [0.1, 0.15) is 0 Å². The second-order valence-electron chi connectivity index (χ2n) is 4.09. The number of anilines is 1. The average Bonchev–Trinajstić information content (AvgIpc) is 2.41. The summed E-state index contributed by atoms with van der Waals surface area (Å²) in [5, 5.41) is 4.99. The molecule has 2 aromatic carbocycles. The topological polar surface area (TPSA) is 38.0 Å². The molecule has 0 fully saturated rings. The first-order valence-corrected chi connectivity index (χ1v) is 6.91. The number of hydrogen-bond acceptors (Lipinski definition) is 2. The highest BCUT2D eigenvalue weighted by Crippen LogP contribution is 2.29. The lowest BCUT2D eigenvalue weighted by atomic mass is 10.1. The molecule has 0 saturated heterocycles. The standard InChI is InChI=1S/C14H13Cl3N2/c15-10-6-5-9(7-12(10)17)14(8-18)19-13-4-2-1-3-11(13)16/h1-7,14,19H,8,18H2. The normalized spacial score (nSPS) is 12.2. The number of nitrogens with one attached hydrogen (secondary N) is 1. The smallest absolute Gasteiger partial charge is 0.0637 e. The lowest BCUT2D eigenvalue weighted by Crippen LogP contribution is -2.20. The highest BCUT2D eigenvalue weighted by atomic mass is 35.5. The molecular formula is C14H13Cl3N2. The van der Waals surface area contributed by atoms with Crippen molar-refractivity contribution in [2.45, 2.75) is 6.04 Å². The molecule has 2 rings (SSSR count). The number of rotatable bonds is 4. The minimum Gasteiger partial charge on any atom is -0.376 e. The minimum atomic E-state index is -0.0744. The Labute approximate surface area is 127 Å². The van der Waals surface area contributed by atoms with Gasteiger partial charge >= 0.3 is 0 Å². The van der Waals surface area contributed by atoms with Crippen LogP contribution in [0.25, 0.3) is 0 Å². The fraction of sp³-hybridized carbons (Fsp3) is 0.143. The van der Waals surface area contributed by atoms with Crippen molar-refractivity contribution in [1.29, 1.82) is 0 Å². The van der Waals surface area contributed by atoms with E-state index >= 15 is 0 Å². The first kappa shape index (κ1) is 14.5. The molecule has 0 aliphatic carbocycles. The molecule has 1 unspecified atom stereocenters. The largest absolute Gasteiger partial charge is 0.376 e. The van der Waals surface area contributed by atoms with E-state index in [9.17, 15) is 0 Å². The van der Waals surface area contributed by atoms with Crippen molar-refractivity contribution in [2.24, 2.45) is 5.73 Å². The molecule has 5 heteroatoms. The van der Waals surface area contributed by atoms with Crippen molar-refractivity contribution in [3.05, 3.63) is 63.1 Å². The number of nitrogens with two attached hydrogens (primary N) is 1. The van der Waals surface area contributed by atoms with Gasteiger partial charge in [0.25, 0.3) is 0 Å². The molecule has 1 atom stereocenters. The molecule has 3 N–H and O–H groups in total. The lowest BCUT2D eigenvalue weighted by molar-refractivity contribution is 0.790. The van der Waals surface area contributed by atoms with Gasteiger partial charge < -0.3 is 11.1 Å². The first-order valence-electron chi connectivity index (χ1n) is 5.78. The molecule has 0 amide bonds. The Morgan fingerprint density at radius 3 is 2.32 bits per heavy atom. The summed E-state index contributed by atoms with van der Waals surface area (Å²) in [5.74, 6) is 0. The second kappa shape index (κ2) is 6.49. The summed E-state index contributed by atoms with van der Waals surface area (Å²) in [6.45, 7) is 0.420. The summed E-state index contributed by atoms with van der Waals surface area (Å²) in [7, 11) is 0. The summed E-state index contributed by atoms with van der Waals surface area (Å²) in [4.78, 5) is 0. The van der Waals surface area contributed by atoms with E-state index in [0.717, 1.165) is 11.3 Å². The Morgan fingerprint density at radius 2 is 1.68 bits per heavy atom. The van der Waals surface area contributed by atoms with E-state index in [1.807, 2.05) is 36.4 Å². The van der Waals surface area contributed by atoms with Gasteiger partial charge in [-0.1, -0.05) is 53.0 Å². The van der Waals surface area contributed by atoms with Crippen molar-refractivity contribution in [1.82, 2.24) is 0 Å². The molecule has 2 nitrogen and oxygen atoms in total. The van der Waals surface area contributed by atoms with Crippen LogP contribution in [0.3, 0.4) is 0 Å². The molecule has 0 aliphatic rings. The van der Waals surface area contributed by atoms with Gasteiger partial charge in [-0.3, -0.25) is 0 Å². The van der Waals surface area contributed by atoms with Gasteiger partial charge in [0.15, 0.2) is 0 Å². The third-order valence-corrected chi connectivity index (χ3v) is 3.85. The van der Waals surface area contributed by atoms with Crippen molar-refractivity contribution >= 4 is 40.5 Å². The Kier molecular flexibility index (Phi) is 4.94. The monoisotopic (exact) mass is 314 g/mol. The van der Waals surface area contributed by atoms with Crippen LogP contribution in [0, 0.1) is 0 Å². The van der Waals surface area contributed by atoms with Gasteiger partial charge in [-0.15, -0.1) is 0 Å². The summed E-state index contributed by atoms with van der Waals surface area (Å²) in [6.07, 6.45) is 0. The molecule has 0 aliphatic heterocycles. The maximum absolute atomic E-state index is 6.12. The molecule has 0 bridgehead atoms. The molecule has 0 heterocycles. The molecule has 0 aromatic heterocycles. The van der Waals surface area contributed by atoms with Crippen LogP contribution < -0.4 is 11.1 Å². The van der Waals surface area contributed by atoms with Crippen LogP contribution in [0.4, 0.5) is 5.69 Å². The van der Waals surface area contributed by atoms with Crippen molar-refractivity contribution < 1.29 is 0 Å². The van der Waals surface area contributed by atoms with Crippen molar-refractivity contribution in [3.63, 3.8) is 0 Å². The number of hydrogen-bond donors (Lipinski definition) is 2. The van der Waals surface area contributed by atoms with Crippen LogP contribution in [0.15, 0.2) is 42.5 Å². The Hall–Kier alpha value is -0.930. The third-order valence-electron chi connectivity index (χ3n) is 2.79. The zero-order valence-electron chi connectivity index (χ0n) is 10.0. The molecule has 0 spiro atoms. The zero-order chi connectivity index (χ0) is 13.8. The van der Waals surface area contributed by atoms with Crippen molar-refractivity contribution in [3.8, 4) is 0 Å². The van der Waals surface area contributed by atoms with Gasteiger partial charge in [0.2, 0.25) is 0 Å². The van der Waals surface area contributed by atoms with E-state index in [1.165, 1.54) is 0 Å². The molecule has 19 heavy (non-hydrogen) atoms. The van der Waals surface area contributed by atoms with E-state index in [4.69, 9.17) is 40.5 Å². The summed E-state index contributed by atoms with van der Waals surface area (Å²) < 4.78 is 0. The summed E-state index contributed by atoms with van der Waals surface area (Å²) in [5.41, 5.74) is 7.62. The molecular weight excluding hydrogens is 303 g/mol. The van der Waals surface area contributed by atoms with Crippen LogP contribution in [-0.2, 0) is 0 Å². The maximum Gasteiger partial charge on any atom is 0.0637 e. The van der Waals surface area contributed by atoms with Gasteiger partial charge in [-0.25, -0.2) is 0 Å². The highest BCUT2D eigenvalue weighted by Gasteiger charge is 2.12. The van der Waals surface area contributed by atoms with Gasteiger partial charge in [-0.2, -0.15) is 0 Å². The zero-order valence-corrected chi connectivity index (χ0v) is 12.3. The lowest BCUT2D eigenvalue weighted by Gasteiger charge is -2.20. The summed E-state index contributed by atoms with van der Waals surface area (Å²) in [6, 6.07) is 12.9. The van der Waals surface area contributed by atoms with Crippen LogP contribution in [0.5, 0.6) is 0 Å². The minimum absolute atomic E-state index is 0.0744. The Morgan fingerprint density at radius 1 is 0.947 bits per heavy atom. The van der Waals surface area contributed by atoms with Gasteiger partial charge in [-0.05, 0) is 29.8 Å². The summed E-state index contributed by atoms with van der Waals surface area (Å²) >= 11 is 18.1. The second-order valence-corrected chi connectivity index (χ2v) is 5.31. The molecule has 0 radical (unpaired) electrons. The fourth-order valence-corrected chi connectivity index (χ4v) is 2.27. The van der Waals surface area contributed by atoms with E-state index in [2.05, 4.69) is 5.32 Å². The SMILES string of the molecule is NCC(Nc1ccccc1Cl)c1ccc(Cl)c(Cl)c1. The third kappa shape index (κ3) is 3.54. The Balaban J connectivity index is 2.25. The van der Waals surface area contributed by atoms with Crippen LogP contribution in [0.2, 0.25) is 15.1 Å². The number of para-hydroxylation sites is 1. The average molecular weight is 316 g/mol. The van der Waals surface area contributed by atoms with Crippen LogP contribution in [-0.4, -0.2) is 6.54 Å². The predicted molar refractivity (Wildman–Crippen MR) is 83.3 cm³/mol. The van der Waals surface area contributed by atoms with Gasteiger partial charge in [0.05, 0.1) is 26.8 Å².